The smallest absolute Gasteiger partial charge is 0.387 e. The van der Waals surface area contributed by atoms with Crippen LogP contribution < -0.4 is 10.1 Å². The van der Waals surface area contributed by atoms with E-state index in [1.807, 2.05) is 0 Å². The second-order valence-corrected chi connectivity index (χ2v) is 7.24. The zero-order valence-corrected chi connectivity index (χ0v) is 14.2. The van der Waals surface area contributed by atoms with Gasteiger partial charge in [-0.2, -0.15) is 8.78 Å². The number of halogens is 2. The van der Waals surface area contributed by atoms with Crippen molar-refractivity contribution in [3.63, 3.8) is 0 Å². The van der Waals surface area contributed by atoms with Crippen molar-refractivity contribution in [3.05, 3.63) is 54.4 Å². The van der Waals surface area contributed by atoms with Crippen molar-refractivity contribution < 1.29 is 26.7 Å². The van der Waals surface area contributed by atoms with E-state index in [4.69, 9.17) is 0 Å². The van der Waals surface area contributed by atoms with Crippen molar-refractivity contribution in [2.75, 3.05) is 11.6 Å². The lowest BCUT2D eigenvalue weighted by Crippen LogP contribution is -2.13. The highest BCUT2D eigenvalue weighted by Crippen LogP contribution is 2.22. The third kappa shape index (κ3) is 3.64. The third-order valence-corrected chi connectivity index (χ3v) is 4.33. The lowest BCUT2D eigenvalue weighted by molar-refractivity contribution is -0.0498. The monoisotopic (exact) mass is 381 g/mol. The highest BCUT2D eigenvalue weighted by molar-refractivity contribution is 7.90. The molecule has 0 radical (unpaired) electrons. The molecule has 10 heteroatoms. The second-order valence-electron chi connectivity index (χ2n) is 5.33. The number of pyridine rings is 1. The molecule has 1 amide bonds. The number of anilines is 1. The molecule has 2 heterocycles. The summed E-state index contributed by atoms with van der Waals surface area (Å²) in [5.74, 6) is -0.804. The number of fused-ring (bicyclic) bond motifs is 1. The number of amides is 1. The summed E-state index contributed by atoms with van der Waals surface area (Å²) in [6.45, 7) is -2.99. The van der Waals surface area contributed by atoms with Gasteiger partial charge < -0.3 is 10.1 Å². The summed E-state index contributed by atoms with van der Waals surface area (Å²) in [5.41, 5.74) is 0.391. The Balaban J connectivity index is 1.96. The van der Waals surface area contributed by atoms with Crippen LogP contribution in [0.25, 0.3) is 5.52 Å². The van der Waals surface area contributed by atoms with Gasteiger partial charge in [-0.1, -0.05) is 12.1 Å². The molecule has 0 fully saturated rings. The van der Waals surface area contributed by atoms with Crippen LogP contribution in [0.4, 0.5) is 14.5 Å². The summed E-state index contributed by atoms with van der Waals surface area (Å²) < 4.78 is 53.9. The fourth-order valence-corrected chi connectivity index (χ4v) is 3.15. The van der Waals surface area contributed by atoms with Crippen LogP contribution in [0.3, 0.4) is 0 Å². The number of carbonyl (C=O) groups is 1. The predicted molar refractivity (Wildman–Crippen MR) is 89.3 cm³/mol. The second kappa shape index (κ2) is 6.71. The van der Waals surface area contributed by atoms with Gasteiger partial charge in [-0.05, 0) is 24.3 Å². The molecule has 0 bridgehead atoms. The Morgan fingerprint density at radius 1 is 1.23 bits per heavy atom. The van der Waals surface area contributed by atoms with Crippen molar-refractivity contribution >= 4 is 26.9 Å². The van der Waals surface area contributed by atoms with E-state index in [0.717, 1.165) is 6.26 Å². The van der Waals surface area contributed by atoms with Crippen molar-refractivity contribution in [2.24, 2.45) is 0 Å². The molecule has 7 nitrogen and oxygen atoms in total. The zero-order valence-electron chi connectivity index (χ0n) is 13.4. The highest BCUT2D eigenvalue weighted by Gasteiger charge is 2.22. The average molecular weight is 381 g/mol. The molecule has 0 saturated carbocycles. The van der Waals surface area contributed by atoms with Gasteiger partial charge in [-0.25, -0.2) is 13.4 Å². The summed E-state index contributed by atoms with van der Waals surface area (Å²) in [4.78, 5) is 16.5. The number of hydrogen-bond acceptors (Lipinski definition) is 5. The third-order valence-electron chi connectivity index (χ3n) is 3.38. The number of ether oxygens (including phenoxy) is 1. The van der Waals surface area contributed by atoms with Gasteiger partial charge in [0.2, 0.25) is 15.0 Å². The maximum absolute atomic E-state index is 12.5. The van der Waals surface area contributed by atoms with Crippen LogP contribution in [0.5, 0.6) is 5.75 Å². The average Bonchev–Trinajstić information content (AvgIpc) is 2.94. The number of benzene rings is 1. The summed E-state index contributed by atoms with van der Waals surface area (Å²) in [5, 5.41) is 2.22. The molecule has 0 atom stereocenters. The van der Waals surface area contributed by atoms with E-state index >= 15 is 0 Å². The Morgan fingerprint density at radius 3 is 2.69 bits per heavy atom. The maximum atomic E-state index is 12.5. The summed E-state index contributed by atoms with van der Waals surface area (Å²) in [6.07, 6.45) is 2.47. The van der Waals surface area contributed by atoms with Crippen molar-refractivity contribution in [2.45, 2.75) is 11.8 Å². The molecule has 0 aliphatic carbocycles. The number of aromatic nitrogens is 2. The molecule has 1 aromatic carbocycles. The molecule has 3 aromatic rings. The largest absolute Gasteiger partial charge is 0.435 e. The van der Waals surface area contributed by atoms with Gasteiger partial charge in [0, 0.05) is 24.2 Å². The van der Waals surface area contributed by atoms with Crippen LogP contribution in [0, 0.1) is 0 Å². The minimum atomic E-state index is -3.67. The molecular formula is C16H13F2N3O4S. The van der Waals surface area contributed by atoms with Gasteiger partial charge in [0.05, 0.1) is 5.52 Å². The van der Waals surface area contributed by atoms with Crippen LogP contribution in [0.15, 0.2) is 53.8 Å². The van der Waals surface area contributed by atoms with E-state index < -0.39 is 22.4 Å². The molecule has 136 valence electrons. The molecule has 0 spiro atoms. The Labute approximate surface area is 147 Å². The number of carbonyl (C=O) groups excluding carboxylic acids is 1. The molecule has 0 saturated heterocycles. The summed E-state index contributed by atoms with van der Waals surface area (Å²) in [6, 6.07) is 10.2. The van der Waals surface area contributed by atoms with E-state index in [2.05, 4.69) is 15.0 Å². The minimum Gasteiger partial charge on any atom is -0.435 e. The van der Waals surface area contributed by atoms with E-state index in [-0.39, 0.29) is 22.3 Å². The van der Waals surface area contributed by atoms with E-state index in [1.54, 1.807) is 18.2 Å². The molecule has 0 aliphatic heterocycles. The van der Waals surface area contributed by atoms with E-state index in [9.17, 15) is 22.0 Å². The molecule has 2 aromatic heterocycles. The van der Waals surface area contributed by atoms with E-state index in [0.29, 0.717) is 5.52 Å². The van der Waals surface area contributed by atoms with E-state index in [1.165, 1.54) is 34.9 Å². The first-order chi connectivity index (χ1) is 12.3. The lowest BCUT2D eigenvalue weighted by Gasteiger charge is -2.07. The van der Waals surface area contributed by atoms with Crippen LogP contribution in [0.2, 0.25) is 0 Å². The molecule has 1 N–H and O–H groups in total. The van der Waals surface area contributed by atoms with Crippen molar-refractivity contribution in [1.82, 2.24) is 9.38 Å². The minimum absolute atomic E-state index is 0.105. The van der Waals surface area contributed by atoms with Gasteiger partial charge in [-0.15, -0.1) is 0 Å². The highest BCUT2D eigenvalue weighted by atomic mass is 32.2. The van der Waals surface area contributed by atoms with Crippen molar-refractivity contribution in [3.8, 4) is 5.75 Å². The van der Waals surface area contributed by atoms with Gasteiger partial charge >= 0.3 is 6.61 Å². The van der Waals surface area contributed by atoms with Crippen LogP contribution in [-0.2, 0) is 9.84 Å². The van der Waals surface area contributed by atoms with Crippen LogP contribution in [-0.4, -0.2) is 36.6 Å². The number of hydrogen-bond donors (Lipinski definition) is 1. The quantitative estimate of drug-likeness (QED) is 0.734. The molecule has 0 unspecified atom stereocenters. The van der Waals surface area contributed by atoms with Gasteiger partial charge in [-0.3, -0.25) is 9.20 Å². The molecule has 26 heavy (non-hydrogen) atoms. The first kappa shape index (κ1) is 17.8. The molecular weight excluding hydrogens is 368 g/mol. The summed E-state index contributed by atoms with van der Waals surface area (Å²) >= 11 is 0. The number of sulfone groups is 1. The fraction of sp³-hybridized carbons (Fsp3) is 0.125. The van der Waals surface area contributed by atoms with Crippen LogP contribution >= 0.6 is 0 Å². The standard InChI is InChI=1S/C16H13F2N3O4S/c1-26(23,24)16-20-13(12-7-2-3-8-21(12)16)14(22)19-10-5-4-6-11(9-10)25-15(17)18/h2-9,15H,1H3,(H,19,22). The fourth-order valence-electron chi connectivity index (χ4n) is 2.38. The van der Waals surface area contributed by atoms with Gasteiger partial charge in [0.1, 0.15) is 5.75 Å². The Kier molecular flexibility index (Phi) is 4.60. The Hall–Kier alpha value is -3.01. The first-order valence-electron chi connectivity index (χ1n) is 7.29. The lowest BCUT2D eigenvalue weighted by atomic mass is 10.2. The number of imidazole rings is 1. The van der Waals surface area contributed by atoms with Gasteiger partial charge in [0.25, 0.3) is 5.91 Å². The number of nitrogens with one attached hydrogen (secondary N) is 1. The Bertz CT molecular complexity index is 1080. The first-order valence-corrected chi connectivity index (χ1v) is 9.18. The predicted octanol–water partition coefficient (Wildman–Crippen LogP) is 2.59. The van der Waals surface area contributed by atoms with Crippen LogP contribution in [0.1, 0.15) is 10.5 Å². The topological polar surface area (TPSA) is 89.8 Å². The zero-order chi connectivity index (χ0) is 18.9. The van der Waals surface area contributed by atoms with Crippen molar-refractivity contribution in [1.29, 1.82) is 0 Å². The summed E-state index contributed by atoms with van der Waals surface area (Å²) in [7, 11) is -3.67. The normalized spacial score (nSPS) is 11.7. The Morgan fingerprint density at radius 2 is 2.00 bits per heavy atom. The maximum Gasteiger partial charge on any atom is 0.387 e. The number of nitrogens with zero attached hydrogens (tertiary/aromatic N) is 2. The molecule has 0 aliphatic rings. The molecule has 3 rings (SSSR count). The van der Waals surface area contributed by atoms with Gasteiger partial charge in [0.15, 0.2) is 5.69 Å². The number of rotatable bonds is 5. The number of alkyl halides is 2. The SMILES string of the molecule is CS(=O)(=O)c1nc(C(=O)Nc2cccc(OC(F)F)c2)c2ccccn12.